The van der Waals surface area contributed by atoms with Crippen LogP contribution in [0.1, 0.15) is 69.5 Å². The van der Waals surface area contributed by atoms with Crippen LogP contribution in [0.2, 0.25) is 0 Å². The van der Waals surface area contributed by atoms with E-state index in [1.165, 1.54) is 57.9 Å². The fourth-order valence-corrected chi connectivity index (χ4v) is 4.49. The minimum atomic E-state index is 0.535. The van der Waals surface area contributed by atoms with Crippen LogP contribution in [-0.4, -0.2) is 47.7 Å². The van der Waals surface area contributed by atoms with Crippen molar-refractivity contribution in [3.05, 3.63) is 11.7 Å². The van der Waals surface area contributed by atoms with E-state index in [4.69, 9.17) is 4.52 Å². The van der Waals surface area contributed by atoms with Crippen LogP contribution in [-0.2, 0) is 6.42 Å². The summed E-state index contributed by atoms with van der Waals surface area (Å²) in [5.74, 6) is 2.50. The summed E-state index contributed by atoms with van der Waals surface area (Å²) in [5, 5.41) is 7.38. The lowest BCUT2D eigenvalue weighted by atomic mass is 9.74. The zero-order chi connectivity index (χ0) is 17.5. The summed E-state index contributed by atoms with van der Waals surface area (Å²) in [5.41, 5.74) is 0.535. The summed E-state index contributed by atoms with van der Waals surface area (Å²) >= 11 is 0. The second kappa shape index (κ2) is 8.68. The third kappa shape index (κ3) is 4.95. The average molecular weight is 348 g/mol. The molecule has 1 aromatic heterocycles. The first-order chi connectivity index (χ1) is 12.2. The van der Waals surface area contributed by atoms with Gasteiger partial charge in [-0.1, -0.05) is 30.8 Å². The molecule has 0 unspecified atom stereocenters. The molecule has 1 aliphatic heterocycles. The molecule has 0 bridgehead atoms. The smallest absolute Gasteiger partial charge is 0.226 e. The van der Waals surface area contributed by atoms with Gasteiger partial charge in [-0.2, -0.15) is 4.98 Å². The number of likely N-dealkylation sites (tertiary alicyclic amines) is 1. The van der Waals surface area contributed by atoms with Gasteiger partial charge in [-0.15, -0.1) is 0 Å². The molecule has 1 aliphatic carbocycles. The molecule has 0 atom stereocenters. The molecule has 25 heavy (non-hydrogen) atoms. The first-order valence-corrected chi connectivity index (χ1v) is 9.96. The lowest BCUT2D eigenvalue weighted by molar-refractivity contribution is 0.115. The highest BCUT2D eigenvalue weighted by Crippen LogP contribution is 2.42. The zero-order valence-electron chi connectivity index (χ0n) is 15.9. The monoisotopic (exact) mass is 347 g/mol. The van der Waals surface area contributed by atoms with Gasteiger partial charge in [-0.3, -0.25) is 4.99 Å². The van der Waals surface area contributed by atoms with Gasteiger partial charge >= 0.3 is 0 Å². The van der Waals surface area contributed by atoms with Gasteiger partial charge in [0.25, 0.3) is 0 Å². The Hall–Kier alpha value is -1.59. The number of hydrogen-bond acceptors (Lipinski definition) is 4. The van der Waals surface area contributed by atoms with E-state index in [0.29, 0.717) is 11.2 Å². The van der Waals surface area contributed by atoms with Crippen LogP contribution in [0.25, 0.3) is 0 Å². The quantitative estimate of drug-likeness (QED) is 0.514. The fourth-order valence-electron chi connectivity index (χ4n) is 4.49. The molecule has 6 heteroatoms. The molecule has 1 spiro atoms. The lowest BCUT2D eigenvalue weighted by Crippen LogP contribution is -2.50. The predicted molar refractivity (Wildman–Crippen MR) is 99.7 cm³/mol. The molecular formula is C19H33N5O. The Morgan fingerprint density at radius 1 is 1.20 bits per heavy atom. The molecule has 6 nitrogen and oxygen atoms in total. The van der Waals surface area contributed by atoms with E-state index in [1.54, 1.807) is 0 Å². The predicted octanol–water partition coefficient (Wildman–Crippen LogP) is 3.32. The molecule has 2 heterocycles. The van der Waals surface area contributed by atoms with Crippen molar-refractivity contribution in [3.8, 4) is 0 Å². The van der Waals surface area contributed by atoms with E-state index in [0.717, 1.165) is 37.8 Å². The largest absolute Gasteiger partial charge is 0.356 e. The van der Waals surface area contributed by atoms with Gasteiger partial charge in [-0.25, -0.2) is 0 Å². The first kappa shape index (κ1) is 18.2. The van der Waals surface area contributed by atoms with Crippen LogP contribution in [0.3, 0.4) is 0 Å². The van der Waals surface area contributed by atoms with Gasteiger partial charge in [-0.05, 0) is 44.4 Å². The Morgan fingerprint density at radius 3 is 2.64 bits per heavy atom. The summed E-state index contributed by atoms with van der Waals surface area (Å²) in [7, 11) is 1.90. The van der Waals surface area contributed by atoms with Gasteiger partial charge < -0.3 is 14.7 Å². The Kier molecular flexibility index (Phi) is 6.32. The van der Waals surface area contributed by atoms with E-state index in [9.17, 15) is 0 Å². The molecule has 2 fully saturated rings. The van der Waals surface area contributed by atoms with Crippen LogP contribution < -0.4 is 5.32 Å². The number of hydrogen-bond donors (Lipinski definition) is 1. The Balaban J connectivity index is 1.48. The zero-order valence-corrected chi connectivity index (χ0v) is 15.9. The van der Waals surface area contributed by atoms with Gasteiger partial charge in [0.05, 0.1) is 0 Å². The fraction of sp³-hybridized carbons (Fsp3) is 0.842. The summed E-state index contributed by atoms with van der Waals surface area (Å²) in [4.78, 5) is 11.3. The molecule has 0 radical (unpaired) electrons. The number of aromatic nitrogens is 2. The van der Waals surface area contributed by atoms with E-state index in [2.05, 4.69) is 25.3 Å². The Labute approximate surface area is 151 Å². The van der Waals surface area contributed by atoms with Crippen molar-refractivity contribution in [1.29, 1.82) is 0 Å². The van der Waals surface area contributed by atoms with Crippen LogP contribution in [0.5, 0.6) is 0 Å². The molecule has 140 valence electrons. The minimum Gasteiger partial charge on any atom is -0.356 e. The van der Waals surface area contributed by atoms with Crippen molar-refractivity contribution in [2.45, 2.75) is 71.1 Å². The van der Waals surface area contributed by atoms with Gasteiger partial charge in [0.1, 0.15) is 0 Å². The van der Waals surface area contributed by atoms with E-state index in [-0.39, 0.29) is 0 Å². The molecule has 0 aromatic carbocycles. The highest BCUT2D eigenvalue weighted by molar-refractivity contribution is 5.80. The number of guanidine groups is 1. The Morgan fingerprint density at radius 2 is 1.96 bits per heavy atom. The van der Waals surface area contributed by atoms with Crippen molar-refractivity contribution >= 4 is 5.96 Å². The highest BCUT2D eigenvalue weighted by atomic mass is 16.5. The third-order valence-corrected chi connectivity index (χ3v) is 5.76. The summed E-state index contributed by atoms with van der Waals surface area (Å²) in [6, 6.07) is 0. The number of piperidine rings is 1. The topological polar surface area (TPSA) is 66.5 Å². The normalized spacial score (nSPS) is 21.4. The third-order valence-electron chi connectivity index (χ3n) is 5.76. The molecule has 2 aliphatic rings. The molecule has 1 N–H and O–H groups in total. The molecule has 1 saturated carbocycles. The second-order valence-corrected chi connectivity index (χ2v) is 7.75. The Bertz CT molecular complexity index is 560. The molecule has 1 aromatic rings. The summed E-state index contributed by atoms with van der Waals surface area (Å²) in [6.45, 7) is 5.05. The molecule has 3 rings (SSSR count). The SMILES string of the molecule is CN=C(NCCCc1nc(C)no1)N1CCCC2(CCCCCC2)C1. The molecule has 1 saturated heterocycles. The van der Waals surface area contributed by atoms with Crippen molar-refractivity contribution in [1.82, 2.24) is 20.4 Å². The van der Waals surface area contributed by atoms with E-state index >= 15 is 0 Å². The van der Waals surface area contributed by atoms with Crippen molar-refractivity contribution < 1.29 is 4.52 Å². The van der Waals surface area contributed by atoms with Crippen molar-refractivity contribution in [2.75, 3.05) is 26.7 Å². The average Bonchev–Trinajstić information content (AvgIpc) is 2.90. The lowest BCUT2D eigenvalue weighted by Gasteiger charge is -2.44. The van der Waals surface area contributed by atoms with Gasteiger partial charge in [0.15, 0.2) is 11.8 Å². The van der Waals surface area contributed by atoms with Crippen LogP contribution in [0.15, 0.2) is 9.52 Å². The highest BCUT2D eigenvalue weighted by Gasteiger charge is 2.36. The van der Waals surface area contributed by atoms with E-state index < -0.39 is 0 Å². The van der Waals surface area contributed by atoms with Crippen molar-refractivity contribution in [3.63, 3.8) is 0 Å². The standard InChI is InChI=1S/C19H33N5O/c1-16-22-17(25-23-16)9-7-13-21-18(20-2)24-14-8-12-19(15-24)10-5-3-4-6-11-19/h3-15H2,1-2H3,(H,20,21). The maximum absolute atomic E-state index is 5.17. The van der Waals surface area contributed by atoms with Crippen molar-refractivity contribution in [2.24, 2.45) is 10.4 Å². The number of nitrogens with zero attached hydrogens (tertiary/aromatic N) is 4. The molecule has 0 amide bonds. The summed E-state index contributed by atoms with van der Waals surface area (Å²) in [6.07, 6.45) is 12.9. The maximum Gasteiger partial charge on any atom is 0.226 e. The van der Waals surface area contributed by atoms with Crippen LogP contribution >= 0.6 is 0 Å². The molecular weight excluding hydrogens is 314 g/mol. The second-order valence-electron chi connectivity index (χ2n) is 7.75. The summed E-state index contributed by atoms with van der Waals surface area (Å²) < 4.78 is 5.17. The number of aryl methyl sites for hydroxylation is 2. The van der Waals surface area contributed by atoms with Crippen LogP contribution in [0, 0.1) is 12.3 Å². The maximum atomic E-state index is 5.17. The van der Waals surface area contributed by atoms with Gasteiger partial charge in [0.2, 0.25) is 5.89 Å². The first-order valence-electron chi connectivity index (χ1n) is 9.96. The van der Waals surface area contributed by atoms with E-state index in [1.807, 2.05) is 14.0 Å². The number of nitrogens with one attached hydrogen (secondary N) is 1. The number of aliphatic imine (C=N–C) groups is 1. The van der Waals surface area contributed by atoms with Crippen LogP contribution in [0.4, 0.5) is 0 Å². The number of rotatable bonds is 4. The van der Waals surface area contributed by atoms with Gasteiger partial charge in [0, 0.05) is 33.1 Å². The minimum absolute atomic E-state index is 0.535.